The Labute approximate surface area is 104 Å². The molecule has 2 rings (SSSR count). The predicted molar refractivity (Wildman–Crippen MR) is 70.7 cm³/mol. The van der Waals surface area contributed by atoms with E-state index in [0.29, 0.717) is 0 Å². The number of benzene rings is 1. The highest BCUT2D eigenvalue weighted by Crippen LogP contribution is 2.28. The van der Waals surface area contributed by atoms with Gasteiger partial charge in [-0.3, -0.25) is 0 Å². The summed E-state index contributed by atoms with van der Waals surface area (Å²) in [6.07, 6.45) is 0. The third kappa shape index (κ3) is 2.79. The summed E-state index contributed by atoms with van der Waals surface area (Å²) in [7, 11) is 3.91. The van der Waals surface area contributed by atoms with Crippen LogP contribution in [0.5, 0.6) is 5.75 Å². The first-order chi connectivity index (χ1) is 8.14. The van der Waals surface area contributed by atoms with E-state index >= 15 is 0 Å². The molecule has 0 bridgehead atoms. The van der Waals surface area contributed by atoms with Crippen molar-refractivity contribution in [1.82, 2.24) is 10.2 Å². The van der Waals surface area contributed by atoms with E-state index < -0.39 is 0 Å². The molecule has 1 fully saturated rings. The fourth-order valence-corrected chi connectivity index (χ4v) is 2.56. The van der Waals surface area contributed by atoms with E-state index in [-0.39, 0.29) is 5.41 Å². The average molecular weight is 234 g/mol. The number of hydrogen-bond acceptors (Lipinski definition) is 3. The van der Waals surface area contributed by atoms with Crippen LogP contribution in [0.1, 0.15) is 12.5 Å². The predicted octanol–water partition coefficient (Wildman–Crippen LogP) is 1.49. The van der Waals surface area contributed by atoms with Gasteiger partial charge in [-0.05, 0) is 24.7 Å². The maximum absolute atomic E-state index is 5.31. The molecule has 1 N–H and O–H groups in total. The van der Waals surface area contributed by atoms with Crippen LogP contribution in [-0.2, 0) is 5.41 Å². The van der Waals surface area contributed by atoms with Crippen molar-refractivity contribution in [2.24, 2.45) is 0 Å². The lowest BCUT2D eigenvalue weighted by Gasteiger charge is -2.31. The summed E-state index contributed by atoms with van der Waals surface area (Å²) in [6.45, 7) is 6.59. The second-order valence-corrected chi connectivity index (χ2v) is 5.21. The molecule has 1 aromatic carbocycles. The minimum absolute atomic E-state index is 0.153. The second-order valence-electron chi connectivity index (χ2n) is 5.21. The maximum Gasteiger partial charge on any atom is 0.119 e. The molecule has 3 heteroatoms. The lowest BCUT2D eigenvalue weighted by Crippen LogP contribution is -2.39. The molecule has 1 saturated heterocycles. The lowest BCUT2D eigenvalue weighted by atomic mass is 9.82. The van der Waals surface area contributed by atoms with Gasteiger partial charge in [0.2, 0.25) is 0 Å². The quantitative estimate of drug-likeness (QED) is 0.839. The topological polar surface area (TPSA) is 24.5 Å². The Kier molecular flexibility index (Phi) is 3.69. The highest BCUT2D eigenvalue weighted by Gasteiger charge is 2.30. The van der Waals surface area contributed by atoms with E-state index in [2.05, 4.69) is 42.4 Å². The van der Waals surface area contributed by atoms with Crippen molar-refractivity contribution in [3.63, 3.8) is 0 Å². The summed E-state index contributed by atoms with van der Waals surface area (Å²) in [5.74, 6) is 0.940. The first-order valence-corrected chi connectivity index (χ1v) is 6.18. The highest BCUT2D eigenvalue weighted by atomic mass is 16.5. The standard InChI is InChI=1S/C14H22N2O/c1-14(10-15-7-8-16(2)11-14)12-5-4-6-13(9-12)17-3/h4-6,9,15H,7-8,10-11H2,1-3H3. The van der Waals surface area contributed by atoms with Crippen molar-refractivity contribution in [2.45, 2.75) is 12.3 Å². The van der Waals surface area contributed by atoms with Gasteiger partial charge in [-0.15, -0.1) is 0 Å². The Morgan fingerprint density at radius 2 is 2.24 bits per heavy atom. The third-order valence-corrected chi connectivity index (χ3v) is 3.57. The zero-order valence-electron chi connectivity index (χ0n) is 11.0. The molecule has 1 aromatic rings. The number of nitrogens with zero attached hydrogens (tertiary/aromatic N) is 1. The molecule has 94 valence electrons. The largest absolute Gasteiger partial charge is 0.497 e. The monoisotopic (exact) mass is 234 g/mol. The van der Waals surface area contributed by atoms with Crippen molar-refractivity contribution in [3.05, 3.63) is 29.8 Å². The summed E-state index contributed by atoms with van der Waals surface area (Å²) >= 11 is 0. The number of methoxy groups -OCH3 is 1. The van der Waals surface area contributed by atoms with Crippen LogP contribution >= 0.6 is 0 Å². The van der Waals surface area contributed by atoms with Crippen LogP contribution in [0.25, 0.3) is 0 Å². The van der Waals surface area contributed by atoms with Gasteiger partial charge >= 0.3 is 0 Å². The summed E-state index contributed by atoms with van der Waals surface area (Å²) in [6, 6.07) is 8.43. The van der Waals surface area contributed by atoms with Crippen molar-refractivity contribution in [3.8, 4) is 5.75 Å². The summed E-state index contributed by atoms with van der Waals surface area (Å²) in [4.78, 5) is 2.39. The van der Waals surface area contributed by atoms with E-state index in [9.17, 15) is 0 Å². The number of likely N-dealkylation sites (N-methyl/N-ethyl adjacent to an activating group) is 1. The van der Waals surface area contributed by atoms with Crippen molar-refractivity contribution >= 4 is 0 Å². The first kappa shape index (κ1) is 12.4. The molecule has 0 spiro atoms. The first-order valence-electron chi connectivity index (χ1n) is 6.18. The minimum atomic E-state index is 0.153. The van der Waals surface area contributed by atoms with Gasteiger partial charge in [0.15, 0.2) is 0 Å². The fraction of sp³-hybridized carbons (Fsp3) is 0.571. The molecule has 1 heterocycles. The van der Waals surface area contributed by atoms with E-state index in [1.807, 2.05) is 6.07 Å². The van der Waals surface area contributed by atoms with E-state index in [1.54, 1.807) is 7.11 Å². The highest BCUT2D eigenvalue weighted by molar-refractivity contribution is 5.34. The Morgan fingerprint density at radius 1 is 1.41 bits per heavy atom. The third-order valence-electron chi connectivity index (χ3n) is 3.57. The van der Waals surface area contributed by atoms with Crippen LogP contribution in [0, 0.1) is 0 Å². The Bertz CT molecular complexity index is 380. The van der Waals surface area contributed by atoms with Crippen LogP contribution in [0.3, 0.4) is 0 Å². The molecular weight excluding hydrogens is 212 g/mol. The van der Waals surface area contributed by atoms with Gasteiger partial charge in [-0.1, -0.05) is 19.1 Å². The number of ether oxygens (including phenoxy) is 1. The molecule has 1 unspecified atom stereocenters. The molecule has 1 atom stereocenters. The zero-order valence-corrected chi connectivity index (χ0v) is 11.0. The van der Waals surface area contributed by atoms with Gasteiger partial charge in [-0.2, -0.15) is 0 Å². The van der Waals surface area contributed by atoms with Crippen molar-refractivity contribution < 1.29 is 4.74 Å². The van der Waals surface area contributed by atoms with Crippen molar-refractivity contribution in [1.29, 1.82) is 0 Å². The zero-order chi connectivity index (χ0) is 12.3. The Morgan fingerprint density at radius 3 is 3.00 bits per heavy atom. The molecule has 0 aromatic heterocycles. The fourth-order valence-electron chi connectivity index (χ4n) is 2.56. The Balaban J connectivity index is 2.28. The number of hydrogen-bond donors (Lipinski definition) is 1. The molecular formula is C14H22N2O. The van der Waals surface area contributed by atoms with Crippen LogP contribution in [0.2, 0.25) is 0 Å². The van der Waals surface area contributed by atoms with Gasteiger partial charge in [0, 0.05) is 31.6 Å². The van der Waals surface area contributed by atoms with Crippen LogP contribution < -0.4 is 10.1 Å². The molecule has 1 aliphatic rings. The van der Waals surface area contributed by atoms with Gasteiger partial charge in [0.25, 0.3) is 0 Å². The molecule has 0 amide bonds. The molecule has 0 saturated carbocycles. The minimum Gasteiger partial charge on any atom is -0.497 e. The van der Waals surface area contributed by atoms with Crippen LogP contribution in [0.4, 0.5) is 0 Å². The van der Waals surface area contributed by atoms with Crippen LogP contribution in [-0.4, -0.2) is 45.2 Å². The van der Waals surface area contributed by atoms with Crippen molar-refractivity contribution in [2.75, 3.05) is 40.3 Å². The summed E-state index contributed by atoms with van der Waals surface area (Å²) < 4.78 is 5.31. The number of nitrogens with one attached hydrogen (secondary N) is 1. The Hall–Kier alpha value is -1.06. The molecule has 0 radical (unpaired) electrons. The van der Waals surface area contributed by atoms with E-state index in [1.165, 1.54) is 5.56 Å². The van der Waals surface area contributed by atoms with E-state index in [4.69, 9.17) is 4.74 Å². The maximum atomic E-state index is 5.31. The van der Waals surface area contributed by atoms with Gasteiger partial charge in [0.1, 0.15) is 5.75 Å². The molecule has 1 aliphatic heterocycles. The molecule has 17 heavy (non-hydrogen) atoms. The smallest absolute Gasteiger partial charge is 0.119 e. The molecule has 3 nitrogen and oxygen atoms in total. The SMILES string of the molecule is COc1cccc(C2(C)CNCCN(C)C2)c1. The van der Waals surface area contributed by atoms with Gasteiger partial charge < -0.3 is 15.0 Å². The van der Waals surface area contributed by atoms with E-state index in [0.717, 1.165) is 31.9 Å². The average Bonchev–Trinajstić information content (AvgIpc) is 2.51. The lowest BCUT2D eigenvalue weighted by molar-refractivity contribution is 0.289. The second kappa shape index (κ2) is 5.07. The normalized spacial score (nSPS) is 26.5. The summed E-state index contributed by atoms with van der Waals surface area (Å²) in [5.41, 5.74) is 1.50. The summed E-state index contributed by atoms with van der Waals surface area (Å²) in [5, 5.41) is 3.52. The molecule has 0 aliphatic carbocycles. The number of rotatable bonds is 2. The van der Waals surface area contributed by atoms with Gasteiger partial charge in [0.05, 0.1) is 7.11 Å². The van der Waals surface area contributed by atoms with Crippen LogP contribution in [0.15, 0.2) is 24.3 Å². The van der Waals surface area contributed by atoms with Gasteiger partial charge in [-0.25, -0.2) is 0 Å².